The molecule has 0 fully saturated rings. The number of carboxylic acid groups (broad SMARTS) is 1. The molecule has 0 aliphatic carbocycles. The third kappa shape index (κ3) is 22.2. The Bertz CT molecular complexity index is 532. The van der Waals surface area contributed by atoms with Crippen molar-refractivity contribution in [3.05, 3.63) is 0 Å². The molecule has 6 nitrogen and oxygen atoms in total. The van der Waals surface area contributed by atoms with Gasteiger partial charge in [-0.05, 0) is 26.3 Å². The quantitative estimate of drug-likeness (QED) is 0.142. The van der Waals surface area contributed by atoms with Crippen LogP contribution in [-0.2, 0) is 9.59 Å². The Morgan fingerprint density at radius 3 is 1.76 bits per heavy atom. The van der Waals surface area contributed by atoms with E-state index in [1.165, 1.54) is 83.5 Å². The summed E-state index contributed by atoms with van der Waals surface area (Å²) in [4.78, 5) is 23.3. The van der Waals surface area contributed by atoms with Gasteiger partial charge in [-0.3, -0.25) is 4.79 Å². The van der Waals surface area contributed by atoms with E-state index < -0.39 is 18.1 Å². The van der Waals surface area contributed by atoms with Gasteiger partial charge in [0.05, 0.1) is 12.1 Å². The van der Waals surface area contributed by atoms with Gasteiger partial charge in [0, 0.05) is 7.79 Å². The number of aliphatic carboxylic acids is 1. The highest BCUT2D eigenvalue weighted by atomic mass is 35.5. The van der Waals surface area contributed by atoms with E-state index >= 15 is 0 Å². The fourth-order valence-corrected chi connectivity index (χ4v) is 3.77. The standard InChI is InChI=1S/C26H49N3O3.ClH/c1-3-4-5-6-7-8-9-10-11-12-13-14-15-16-17-18-22-28-23(2)25(30)29-24(26(31)32)20-19-21-27;/h23-24,28H,3-20,22H2,1-2H3,(H,29,30)(H,31,32);1H/t23-,24-;/m0./s1/i1D;. The molecular formula is C26H50ClN3O3. The summed E-state index contributed by atoms with van der Waals surface area (Å²) in [5, 5.41) is 23.4. The number of amides is 1. The second-order valence-electron chi connectivity index (χ2n) is 8.93. The molecule has 0 rings (SSSR count). The SMILES string of the molecule is Cl.[2H]CCCCCCCCCCCCCCCCCCN[C@@H](C)C(=O)N[C@@H](CCC#N)C(=O)O. The largest absolute Gasteiger partial charge is 0.480 e. The number of nitrogens with zero attached hydrogens (tertiary/aromatic N) is 1. The highest BCUT2D eigenvalue weighted by Gasteiger charge is 2.22. The zero-order chi connectivity index (χ0) is 24.6. The maximum absolute atomic E-state index is 12.1. The Labute approximate surface area is 210 Å². The predicted octanol–water partition coefficient (Wildman–Crippen LogP) is 6.52. The van der Waals surface area contributed by atoms with Gasteiger partial charge in [0.1, 0.15) is 6.04 Å². The molecule has 1 amide bonds. The van der Waals surface area contributed by atoms with Gasteiger partial charge in [-0.15, -0.1) is 12.4 Å². The minimum atomic E-state index is -1.10. The lowest BCUT2D eigenvalue weighted by Crippen LogP contribution is -2.49. The molecule has 0 heterocycles. The van der Waals surface area contributed by atoms with Crippen LogP contribution < -0.4 is 10.6 Å². The van der Waals surface area contributed by atoms with Gasteiger partial charge in [0.2, 0.25) is 5.91 Å². The Morgan fingerprint density at radius 1 is 0.879 bits per heavy atom. The van der Waals surface area contributed by atoms with E-state index in [1.807, 2.05) is 6.07 Å². The fourth-order valence-electron chi connectivity index (χ4n) is 3.77. The summed E-state index contributed by atoms with van der Waals surface area (Å²) in [6, 6.07) is 0.464. The smallest absolute Gasteiger partial charge is 0.326 e. The van der Waals surface area contributed by atoms with Crippen LogP contribution in [0.25, 0.3) is 0 Å². The van der Waals surface area contributed by atoms with E-state index in [4.69, 9.17) is 11.7 Å². The fraction of sp³-hybridized carbons (Fsp3) is 0.885. The Balaban J connectivity index is 0. The number of unbranched alkanes of at least 4 members (excludes halogenated alkanes) is 15. The summed E-state index contributed by atoms with van der Waals surface area (Å²) >= 11 is 0. The van der Waals surface area contributed by atoms with Crippen LogP contribution in [0.5, 0.6) is 0 Å². The van der Waals surface area contributed by atoms with Crippen molar-refractivity contribution >= 4 is 24.3 Å². The number of carbonyl (C=O) groups excluding carboxylic acids is 1. The van der Waals surface area contributed by atoms with Crippen LogP contribution in [-0.4, -0.2) is 35.6 Å². The van der Waals surface area contributed by atoms with E-state index in [2.05, 4.69) is 10.6 Å². The molecule has 0 aliphatic rings. The van der Waals surface area contributed by atoms with Crippen molar-refractivity contribution in [2.45, 2.75) is 141 Å². The minimum absolute atomic E-state index is 0. The monoisotopic (exact) mass is 488 g/mol. The van der Waals surface area contributed by atoms with Crippen molar-refractivity contribution in [1.82, 2.24) is 10.6 Å². The lowest BCUT2D eigenvalue weighted by Gasteiger charge is -2.18. The molecule has 0 spiro atoms. The Kier molecular flexibility index (Phi) is 24.3. The first-order valence-electron chi connectivity index (χ1n) is 13.7. The first-order chi connectivity index (χ1) is 16.0. The summed E-state index contributed by atoms with van der Waals surface area (Å²) in [7, 11) is 0. The van der Waals surface area contributed by atoms with Crippen LogP contribution in [0.15, 0.2) is 0 Å². The third-order valence-electron chi connectivity index (χ3n) is 5.93. The van der Waals surface area contributed by atoms with Crippen molar-refractivity contribution in [3.8, 4) is 6.07 Å². The van der Waals surface area contributed by atoms with Crippen molar-refractivity contribution in [2.75, 3.05) is 6.54 Å². The van der Waals surface area contributed by atoms with E-state index in [0.29, 0.717) is 6.90 Å². The number of rotatable bonds is 23. The molecule has 33 heavy (non-hydrogen) atoms. The molecule has 0 radical (unpaired) electrons. The summed E-state index contributed by atoms with van der Waals surface area (Å²) in [5.74, 6) is -1.44. The summed E-state index contributed by atoms with van der Waals surface area (Å²) in [6.45, 7) is 3.06. The van der Waals surface area contributed by atoms with Crippen LogP contribution in [0, 0.1) is 11.3 Å². The van der Waals surface area contributed by atoms with E-state index in [9.17, 15) is 9.59 Å². The van der Waals surface area contributed by atoms with Crippen molar-refractivity contribution in [3.63, 3.8) is 0 Å². The number of carbonyl (C=O) groups is 2. The van der Waals surface area contributed by atoms with Crippen LogP contribution in [0.3, 0.4) is 0 Å². The predicted molar refractivity (Wildman–Crippen MR) is 139 cm³/mol. The first-order valence-corrected chi connectivity index (χ1v) is 13.0. The zero-order valence-corrected chi connectivity index (χ0v) is 21.7. The third-order valence-corrected chi connectivity index (χ3v) is 5.93. The summed E-state index contributed by atoms with van der Waals surface area (Å²) in [5.41, 5.74) is 0. The Morgan fingerprint density at radius 2 is 1.33 bits per heavy atom. The number of nitriles is 1. The van der Waals surface area contributed by atoms with E-state index in [-0.39, 0.29) is 31.2 Å². The highest BCUT2D eigenvalue weighted by Crippen LogP contribution is 2.13. The maximum Gasteiger partial charge on any atom is 0.326 e. The number of hydrogen-bond donors (Lipinski definition) is 3. The number of halogens is 1. The molecule has 0 aromatic rings. The second kappa shape index (κ2) is 25.3. The van der Waals surface area contributed by atoms with Crippen molar-refractivity contribution in [1.29, 1.82) is 5.26 Å². The lowest BCUT2D eigenvalue weighted by atomic mass is 10.0. The van der Waals surface area contributed by atoms with Gasteiger partial charge in [0.25, 0.3) is 0 Å². The van der Waals surface area contributed by atoms with Crippen LogP contribution in [0.2, 0.25) is 0 Å². The van der Waals surface area contributed by atoms with Crippen LogP contribution >= 0.6 is 12.4 Å². The van der Waals surface area contributed by atoms with Gasteiger partial charge in [-0.2, -0.15) is 5.26 Å². The van der Waals surface area contributed by atoms with Crippen molar-refractivity contribution in [2.24, 2.45) is 0 Å². The van der Waals surface area contributed by atoms with Gasteiger partial charge in [0.15, 0.2) is 0 Å². The molecule has 0 unspecified atom stereocenters. The van der Waals surface area contributed by atoms with E-state index in [0.717, 1.165) is 25.8 Å². The molecule has 0 bridgehead atoms. The van der Waals surface area contributed by atoms with Crippen LogP contribution in [0.4, 0.5) is 0 Å². The Hall–Kier alpha value is -1.32. The summed E-state index contributed by atoms with van der Waals surface area (Å²) in [6.07, 6.45) is 20.7. The molecule has 7 heteroatoms. The average molecular weight is 489 g/mol. The highest BCUT2D eigenvalue weighted by molar-refractivity contribution is 5.86. The number of nitrogens with one attached hydrogen (secondary N) is 2. The molecule has 194 valence electrons. The molecule has 0 aromatic carbocycles. The van der Waals surface area contributed by atoms with Gasteiger partial charge < -0.3 is 15.7 Å². The lowest BCUT2D eigenvalue weighted by molar-refractivity contribution is -0.142. The summed E-state index contributed by atoms with van der Waals surface area (Å²) < 4.78 is 7.13. The molecule has 2 atom stereocenters. The first kappa shape index (κ1) is 31.7. The van der Waals surface area contributed by atoms with Gasteiger partial charge in [-0.1, -0.05) is 103 Å². The number of carboxylic acids is 1. The minimum Gasteiger partial charge on any atom is -0.480 e. The average Bonchev–Trinajstić information content (AvgIpc) is 2.80. The number of hydrogen-bond acceptors (Lipinski definition) is 4. The topological polar surface area (TPSA) is 102 Å². The molecular weight excluding hydrogens is 438 g/mol. The molecule has 0 aromatic heterocycles. The maximum atomic E-state index is 12.1. The molecule has 0 aliphatic heterocycles. The second-order valence-corrected chi connectivity index (χ2v) is 8.93. The van der Waals surface area contributed by atoms with Gasteiger partial charge in [-0.25, -0.2) is 4.79 Å². The molecule has 0 saturated carbocycles. The van der Waals surface area contributed by atoms with E-state index in [1.54, 1.807) is 6.92 Å². The molecule has 0 saturated heterocycles. The van der Waals surface area contributed by atoms with Crippen molar-refractivity contribution < 1.29 is 16.1 Å². The molecule has 3 N–H and O–H groups in total. The normalized spacial score (nSPS) is 12.8. The van der Waals surface area contributed by atoms with Crippen LogP contribution in [0.1, 0.15) is 131 Å². The van der Waals surface area contributed by atoms with Gasteiger partial charge >= 0.3 is 5.97 Å². The zero-order valence-electron chi connectivity index (χ0n) is 21.9.